The van der Waals surface area contributed by atoms with Crippen molar-refractivity contribution in [1.82, 2.24) is 10.3 Å². The first-order valence-corrected chi connectivity index (χ1v) is 11.6. The van der Waals surface area contributed by atoms with Crippen molar-refractivity contribution in [2.24, 2.45) is 11.0 Å². The number of hydrogen-bond acceptors (Lipinski definition) is 6. The molecule has 2 aliphatic rings. The van der Waals surface area contributed by atoms with Crippen LogP contribution in [0.3, 0.4) is 0 Å². The number of amides is 2. The van der Waals surface area contributed by atoms with Crippen molar-refractivity contribution in [1.29, 1.82) is 0 Å². The molecule has 0 spiro atoms. The average Bonchev–Trinajstić information content (AvgIpc) is 3.20. The molecule has 2 saturated heterocycles. The summed E-state index contributed by atoms with van der Waals surface area (Å²) in [6.45, 7) is 4.20. The van der Waals surface area contributed by atoms with Gasteiger partial charge in [0, 0.05) is 43.6 Å². The molecule has 178 valence electrons. The third-order valence-corrected chi connectivity index (χ3v) is 6.54. The first kappa shape index (κ1) is 23.4. The topological polar surface area (TPSA) is 108 Å². The fourth-order valence-electron chi connectivity index (χ4n) is 4.54. The Balaban J connectivity index is 1.34. The fourth-order valence-corrected chi connectivity index (χ4v) is 4.54. The molecule has 0 radical (unpaired) electrons. The van der Waals surface area contributed by atoms with Crippen LogP contribution in [-0.2, 0) is 9.59 Å². The van der Waals surface area contributed by atoms with Gasteiger partial charge in [-0.05, 0) is 30.4 Å². The molecule has 9 heteroatoms. The average molecular weight is 464 g/mol. The maximum atomic E-state index is 12.3. The quantitative estimate of drug-likeness (QED) is 0.385. The lowest BCUT2D eigenvalue weighted by atomic mass is 9.98. The number of nitro benzene ring substituents is 1. The second-order valence-corrected chi connectivity index (χ2v) is 9.05. The molecule has 34 heavy (non-hydrogen) atoms. The van der Waals surface area contributed by atoms with Gasteiger partial charge < -0.3 is 9.80 Å². The molecule has 0 aliphatic carbocycles. The summed E-state index contributed by atoms with van der Waals surface area (Å²) in [5, 5.41) is 15.6. The minimum Gasteiger partial charge on any atom is -0.366 e. The Morgan fingerprint density at radius 1 is 1.21 bits per heavy atom. The molecule has 2 fully saturated rings. The van der Waals surface area contributed by atoms with Gasteiger partial charge in [0.1, 0.15) is 12.2 Å². The number of carbonyl (C=O) groups excluding carboxylic acids is 2. The van der Waals surface area contributed by atoms with Crippen LogP contribution in [0.4, 0.5) is 11.4 Å². The van der Waals surface area contributed by atoms with Crippen LogP contribution in [-0.4, -0.2) is 54.0 Å². The molecular weight excluding hydrogens is 434 g/mol. The van der Waals surface area contributed by atoms with Crippen LogP contribution in [0.25, 0.3) is 0 Å². The number of nitrogens with one attached hydrogen (secondary N) is 1. The third-order valence-electron chi connectivity index (χ3n) is 6.54. The molecule has 0 saturated carbocycles. The monoisotopic (exact) mass is 463 g/mol. The van der Waals surface area contributed by atoms with Crippen molar-refractivity contribution in [3.63, 3.8) is 0 Å². The zero-order valence-corrected chi connectivity index (χ0v) is 19.2. The van der Waals surface area contributed by atoms with Gasteiger partial charge in [-0.1, -0.05) is 43.3 Å². The van der Waals surface area contributed by atoms with Crippen molar-refractivity contribution in [3.05, 3.63) is 69.8 Å². The molecule has 4 rings (SSSR count). The van der Waals surface area contributed by atoms with Gasteiger partial charge in [-0.15, -0.1) is 0 Å². The highest BCUT2D eigenvalue weighted by Crippen LogP contribution is 2.32. The van der Waals surface area contributed by atoms with Crippen LogP contribution in [0.5, 0.6) is 0 Å². The lowest BCUT2D eigenvalue weighted by molar-refractivity contribution is -0.384. The zero-order chi connectivity index (χ0) is 24.1. The first-order valence-electron chi connectivity index (χ1n) is 11.6. The minimum absolute atomic E-state index is 0.0273. The number of likely N-dealkylation sites (tertiary alicyclic amines) is 1. The number of hydrazone groups is 1. The van der Waals surface area contributed by atoms with E-state index in [1.54, 1.807) is 12.1 Å². The number of nitrogens with zero attached hydrogens (tertiary/aromatic N) is 4. The summed E-state index contributed by atoms with van der Waals surface area (Å²) in [4.78, 5) is 39.5. The summed E-state index contributed by atoms with van der Waals surface area (Å²) in [7, 11) is 0. The van der Waals surface area contributed by atoms with E-state index >= 15 is 0 Å². The molecule has 2 heterocycles. The number of piperidine rings is 1. The number of nitro groups is 1. The van der Waals surface area contributed by atoms with Gasteiger partial charge in [0.15, 0.2) is 0 Å². The van der Waals surface area contributed by atoms with E-state index in [9.17, 15) is 19.7 Å². The van der Waals surface area contributed by atoms with Crippen LogP contribution in [0.1, 0.15) is 43.2 Å². The molecule has 9 nitrogen and oxygen atoms in total. The number of rotatable bonds is 7. The van der Waals surface area contributed by atoms with E-state index in [0.717, 1.165) is 31.5 Å². The highest BCUT2D eigenvalue weighted by atomic mass is 16.6. The van der Waals surface area contributed by atoms with Crippen molar-refractivity contribution < 1.29 is 14.5 Å². The van der Waals surface area contributed by atoms with Crippen LogP contribution in [0.15, 0.2) is 53.6 Å². The Labute approximate surface area is 198 Å². The van der Waals surface area contributed by atoms with Crippen LogP contribution in [0, 0.1) is 16.0 Å². The van der Waals surface area contributed by atoms with Gasteiger partial charge in [-0.25, -0.2) is 5.43 Å². The Morgan fingerprint density at radius 3 is 2.65 bits per heavy atom. The van der Waals surface area contributed by atoms with Crippen LogP contribution < -0.4 is 10.3 Å². The lowest BCUT2D eigenvalue weighted by Gasteiger charge is -2.31. The number of anilines is 1. The number of hydrogen-bond donors (Lipinski definition) is 1. The van der Waals surface area contributed by atoms with E-state index in [0.29, 0.717) is 30.1 Å². The first-order chi connectivity index (χ1) is 16.4. The van der Waals surface area contributed by atoms with Gasteiger partial charge in [0.25, 0.3) is 11.6 Å². The summed E-state index contributed by atoms with van der Waals surface area (Å²) in [6.07, 6.45) is 3.79. The molecule has 2 aliphatic heterocycles. The van der Waals surface area contributed by atoms with Gasteiger partial charge in [0.2, 0.25) is 5.91 Å². The standard InChI is InChI=1S/C25H29N5O4/c1-18-9-11-28(12-10-18)22-8-7-19(13-23(22)30(33)34)15-26-27-24(31)17-29-16-21(14-25(29)32)20-5-3-2-4-6-20/h2-8,13,15,18,21H,9-12,14,16-17H2,1H3,(H,27,31)/b26-15-/t21-/m1/s1. The molecule has 2 amide bonds. The second-order valence-electron chi connectivity index (χ2n) is 9.05. The highest BCUT2D eigenvalue weighted by molar-refractivity contribution is 5.88. The zero-order valence-electron chi connectivity index (χ0n) is 19.2. The predicted octanol–water partition coefficient (Wildman–Crippen LogP) is 3.30. The number of carbonyl (C=O) groups is 2. The molecule has 1 N–H and O–H groups in total. The Morgan fingerprint density at radius 2 is 1.94 bits per heavy atom. The Hall–Kier alpha value is -3.75. The molecule has 2 aromatic carbocycles. The molecule has 2 aromatic rings. The van der Waals surface area contributed by atoms with Crippen molar-refractivity contribution in [2.75, 3.05) is 31.1 Å². The maximum Gasteiger partial charge on any atom is 0.293 e. The SMILES string of the molecule is CC1CCN(c2ccc(/C=N\NC(=O)CN3C[C@H](c4ccccc4)CC3=O)cc2[N+](=O)[O-])CC1. The molecule has 0 aromatic heterocycles. The van der Waals surface area contributed by atoms with E-state index in [1.807, 2.05) is 30.3 Å². The van der Waals surface area contributed by atoms with E-state index < -0.39 is 5.91 Å². The third kappa shape index (κ3) is 5.59. The Bertz CT molecular complexity index is 1080. The van der Waals surface area contributed by atoms with Gasteiger partial charge in [-0.3, -0.25) is 19.7 Å². The van der Waals surface area contributed by atoms with Gasteiger partial charge in [0.05, 0.1) is 11.1 Å². The van der Waals surface area contributed by atoms with Gasteiger partial charge >= 0.3 is 0 Å². The van der Waals surface area contributed by atoms with Crippen molar-refractivity contribution in [3.8, 4) is 0 Å². The maximum absolute atomic E-state index is 12.3. The van der Waals surface area contributed by atoms with Crippen molar-refractivity contribution in [2.45, 2.75) is 32.1 Å². The summed E-state index contributed by atoms with van der Waals surface area (Å²) in [6, 6.07) is 14.7. The fraction of sp³-hybridized carbons (Fsp3) is 0.400. The van der Waals surface area contributed by atoms with E-state index in [-0.39, 0.29) is 29.0 Å². The van der Waals surface area contributed by atoms with Crippen LogP contribution in [0.2, 0.25) is 0 Å². The smallest absolute Gasteiger partial charge is 0.293 e. The normalized spacial score (nSPS) is 19.1. The molecule has 0 bridgehead atoms. The summed E-state index contributed by atoms with van der Waals surface area (Å²) >= 11 is 0. The summed E-state index contributed by atoms with van der Waals surface area (Å²) in [5.41, 5.74) is 4.66. The largest absolute Gasteiger partial charge is 0.366 e. The van der Waals surface area contributed by atoms with Gasteiger partial charge in [-0.2, -0.15) is 5.10 Å². The lowest BCUT2D eigenvalue weighted by Crippen LogP contribution is -2.36. The second kappa shape index (κ2) is 10.5. The van der Waals surface area contributed by atoms with E-state index in [4.69, 9.17) is 0 Å². The Kier molecular flexibility index (Phi) is 7.20. The molecular formula is C25H29N5O4. The molecule has 0 unspecified atom stereocenters. The van der Waals surface area contributed by atoms with E-state index in [1.165, 1.54) is 17.2 Å². The summed E-state index contributed by atoms with van der Waals surface area (Å²) in [5.74, 6) is 0.232. The van der Waals surface area contributed by atoms with Crippen molar-refractivity contribution >= 4 is 29.4 Å². The highest BCUT2D eigenvalue weighted by Gasteiger charge is 2.31. The van der Waals surface area contributed by atoms with E-state index in [2.05, 4.69) is 22.4 Å². The molecule has 1 atom stereocenters. The minimum atomic E-state index is -0.410. The predicted molar refractivity (Wildman–Crippen MR) is 130 cm³/mol. The number of benzene rings is 2. The summed E-state index contributed by atoms with van der Waals surface area (Å²) < 4.78 is 0. The van der Waals surface area contributed by atoms with Crippen LogP contribution >= 0.6 is 0 Å².